The minimum atomic E-state index is 0.538. The van der Waals surface area contributed by atoms with Crippen LogP contribution in [0.25, 0.3) is 5.70 Å². The van der Waals surface area contributed by atoms with E-state index >= 15 is 0 Å². The standard InChI is InChI=1S/C6H7N3S/c7-2-1-5(8)6-3-10-4-9-6/h1-4,7H,8H2/b5-1-,7-2?. The van der Waals surface area contributed by atoms with E-state index in [4.69, 9.17) is 11.1 Å². The highest BCUT2D eigenvalue weighted by Crippen LogP contribution is 2.07. The summed E-state index contributed by atoms with van der Waals surface area (Å²) in [4.78, 5) is 3.96. The predicted octanol–water partition coefficient (Wildman–Crippen LogP) is 1.09. The van der Waals surface area contributed by atoms with Gasteiger partial charge in [-0.1, -0.05) is 0 Å². The van der Waals surface area contributed by atoms with Crippen LogP contribution in [-0.4, -0.2) is 11.2 Å². The summed E-state index contributed by atoms with van der Waals surface area (Å²) in [5.74, 6) is 0. The van der Waals surface area contributed by atoms with E-state index in [2.05, 4.69) is 4.98 Å². The molecule has 4 heteroatoms. The van der Waals surface area contributed by atoms with Crippen LogP contribution in [0, 0.1) is 5.41 Å². The fourth-order valence-corrected chi connectivity index (χ4v) is 1.09. The van der Waals surface area contributed by atoms with Crippen molar-refractivity contribution in [2.75, 3.05) is 0 Å². The first-order valence-corrected chi connectivity index (χ1v) is 3.63. The highest BCUT2D eigenvalue weighted by Gasteiger charge is 1.94. The van der Waals surface area contributed by atoms with Gasteiger partial charge >= 0.3 is 0 Å². The maximum Gasteiger partial charge on any atom is 0.0968 e. The molecule has 1 heterocycles. The molecule has 10 heavy (non-hydrogen) atoms. The van der Waals surface area contributed by atoms with Crippen LogP contribution in [-0.2, 0) is 0 Å². The highest BCUT2D eigenvalue weighted by molar-refractivity contribution is 7.07. The third kappa shape index (κ3) is 1.41. The van der Waals surface area contributed by atoms with Gasteiger partial charge in [-0.05, 0) is 6.08 Å². The van der Waals surface area contributed by atoms with Crippen molar-refractivity contribution in [3.8, 4) is 0 Å². The van der Waals surface area contributed by atoms with E-state index in [0.29, 0.717) is 5.70 Å². The van der Waals surface area contributed by atoms with E-state index in [0.717, 1.165) is 11.9 Å². The average Bonchev–Trinajstić information content (AvgIpc) is 2.38. The van der Waals surface area contributed by atoms with Crippen molar-refractivity contribution >= 4 is 23.2 Å². The first kappa shape index (κ1) is 6.95. The number of thiazole rings is 1. The van der Waals surface area contributed by atoms with Crippen LogP contribution in [0.1, 0.15) is 5.69 Å². The number of nitrogens with one attached hydrogen (secondary N) is 1. The summed E-state index contributed by atoms with van der Waals surface area (Å²) in [6.07, 6.45) is 2.66. The molecule has 0 aliphatic heterocycles. The molecule has 0 aliphatic rings. The summed E-state index contributed by atoms with van der Waals surface area (Å²) in [6, 6.07) is 0. The molecule has 0 atom stereocenters. The average molecular weight is 153 g/mol. The molecule has 1 aromatic heterocycles. The first-order chi connectivity index (χ1) is 4.84. The van der Waals surface area contributed by atoms with Crippen LogP contribution in [0.5, 0.6) is 0 Å². The van der Waals surface area contributed by atoms with E-state index in [1.54, 1.807) is 5.51 Å². The van der Waals surface area contributed by atoms with E-state index in [1.165, 1.54) is 17.4 Å². The topological polar surface area (TPSA) is 62.8 Å². The van der Waals surface area contributed by atoms with Crippen molar-refractivity contribution in [1.29, 1.82) is 5.41 Å². The molecule has 0 spiro atoms. The number of nitrogens with two attached hydrogens (primary N) is 1. The molecule has 0 saturated carbocycles. The van der Waals surface area contributed by atoms with Gasteiger partial charge < -0.3 is 11.1 Å². The molecule has 1 aromatic rings. The Morgan fingerprint density at radius 2 is 2.60 bits per heavy atom. The second-order valence-corrected chi connectivity index (χ2v) is 2.38. The molecule has 3 nitrogen and oxygen atoms in total. The number of allylic oxidation sites excluding steroid dienone is 1. The SMILES string of the molecule is N=C/C=C(\N)c1cscn1. The van der Waals surface area contributed by atoms with Gasteiger partial charge in [0.2, 0.25) is 0 Å². The fraction of sp³-hybridized carbons (Fsp3) is 0. The minimum Gasteiger partial charge on any atom is -0.397 e. The van der Waals surface area contributed by atoms with Gasteiger partial charge in [0.25, 0.3) is 0 Å². The smallest absolute Gasteiger partial charge is 0.0968 e. The summed E-state index contributed by atoms with van der Waals surface area (Å²) in [6.45, 7) is 0. The quantitative estimate of drug-likeness (QED) is 0.625. The van der Waals surface area contributed by atoms with Crippen molar-refractivity contribution in [2.45, 2.75) is 0 Å². The number of hydrogen-bond acceptors (Lipinski definition) is 4. The summed E-state index contributed by atoms with van der Waals surface area (Å²) < 4.78 is 0. The van der Waals surface area contributed by atoms with Crippen molar-refractivity contribution in [3.05, 3.63) is 22.7 Å². The van der Waals surface area contributed by atoms with Gasteiger partial charge in [0.1, 0.15) is 0 Å². The fourth-order valence-electron chi connectivity index (χ4n) is 0.530. The number of aromatic nitrogens is 1. The molecule has 0 saturated heterocycles. The minimum absolute atomic E-state index is 0.538. The molecule has 52 valence electrons. The third-order valence-electron chi connectivity index (χ3n) is 0.991. The Labute approximate surface area is 62.7 Å². The molecule has 1 rings (SSSR count). The largest absolute Gasteiger partial charge is 0.397 e. The molecular formula is C6H7N3S. The van der Waals surface area contributed by atoms with Gasteiger partial charge in [-0.25, -0.2) is 4.98 Å². The third-order valence-corrected chi connectivity index (χ3v) is 1.58. The lowest BCUT2D eigenvalue weighted by atomic mass is 10.3. The maximum atomic E-state index is 6.73. The predicted molar refractivity (Wildman–Crippen MR) is 43.1 cm³/mol. The van der Waals surface area contributed by atoms with Gasteiger partial charge in [0, 0.05) is 11.6 Å². The second kappa shape index (κ2) is 3.12. The van der Waals surface area contributed by atoms with Gasteiger partial charge in [-0.2, -0.15) is 0 Å². The maximum absolute atomic E-state index is 6.73. The van der Waals surface area contributed by atoms with Crippen LogP contribution in [0.3, 0.4) is 0 Å². The Hall–Kier alpha value is -1.16. The van der Waals surface area contributed by atoms with E-state index in [9.17, 15) is 0 Å². The first-order valence-electron chi connectivity index (χ1n) is 2.69. The highest BCUT2D eigenvalue weighted by atomic mass is 32.1. The Bertz CT molecular complexity index is 238. The van der Waals surface area contributed by atoms with Crippen LogP contribution in [0.4, 0.5) is 0 Å². The Morgan fingerprint density at radius 1 is 1.80 bits per heavy atom. The molecule has 0 amide bonds. The van der Waals surface area contributed by atoms with Crippen molar-refractivity contribution in [3.63, 3.8) is 0 Å². The van der Waals surface area contributed by atoms with E-state index < -0.39 is 0 Å². The van der Waals surface area contributed by atoms with Crippen LogP contribution < -0.4 is 5.73 Å². The molecule has 0 fully saturated rings. The lowest BCUT2D eigenvalue weighted by Gasteiger charge is -1.90. The summed E-state index contributed by atoms with van der Waals surface area (Å²) >= 11 is 1.49. The number of nitrogens with zero attached hydrogens (tertiary/aromatic N) is 1. The zero-order valence-corrected chi connectivity index (χ0v) is 6.06. The second-order valence-electron chi connectivity index (χ2n) is 1.66. The molecule has 3 N–H and O–H groups in total. The molecular weight excluding hydrogens is 146 g/mol. The Balaban J connectivity index is 2.86. The van der Waals surface area contributed by atoms with Crippen LogP contribution >= 0.6 is 11.3 Å². The number of rotatable bonds is 2. The van der Waals surface area contributed by atoms with Gasteiger partial charge in [-0.3, -0.25) is 0 Å². The van der Waals surface area contributed by atoms with Crippen molar-refractivity contribution in [1.82, 2.24) is 4.98 Å². The van der Waals surface area contributed by atoms with Crippen molar-refractivity contribution < 1.29 is 0 Å². The lowest BCUT2D eigenvalue weighted by molar-refractivity contribution is 1.33. The van der Waals surface area contributed by atoms with Gasteiger partial charge in [0.05, 0.1) is 16.9 Å². The summed E-state index contributed by atoms with van der Waals surface area (Å²) in [5, 5.41) is 8.57. The molecule has 0 unspecified atom stereocenters. The molecule has 0 radical (unpaired) electrons. The van der Waals surface area contributed by atoms with Crippen LogP contribution in [0.15, 0.2) is 17.0 Å². The van der Waals surface area contributed by atoms with Crippen LogP contribution in [0.2, 0.25) is 0 Å². The monoisotopic (exact) mass is 153 g/mol. The summed E-state index contributed by atoms with van der Waals surface area (Å²) in [5.41, 5.74) is 8.49. The molecule has 0 bridgehead atoms. The zero-order valence-electron chi connectivity index (χ0n) is 5.24. The zero-order chi connectivity index (χ0) is 7.40. The molecule has 0 aromatic carbocycles. The van der Waals surface area contributed by atoms with Gasteiger partial charge in [0.15, 0.2) is 0 Å². The van der Waals surface area contributed by atoms with Gasteiger partial charge in [-0.15, -0.1) is 11.3 Å². The summed E-state index contributed by atoms with van der Waals surface area (Å²) in [7, 11) is 0. The number of hydrogen-bond donors (Lipinski definition) is 2. The Kier molecular flexibility index (Phi) is 2.17. The molecule has 0 aliphatic carbocycles. The Morgan fingerprint density at radius 3 is 3.10 bits per heavy atom. The van der Waals surface area contributed by atoms with E-state index in [-0.39, 0.29) is 0 Å². The van der Waals surface area contributed by atoms with E-state index in [1.807, 2.05) is 5.38 Å². The lowest BCUT2D eigenvalue weighted by Crippen LogP contribution is -1.95. The van der Waals surface area contributed by atoms with Crippen molar-refractivity contribution in [2.24, 2.45) is 5.73 Å². The normalized spacial score (nSPS) is 11.4.